The van der Waals surface area contributed by atoms with Crippen LogP contribution in [0, 0.1) is 5.92 Å². The number of benzene rings is 1. The van der Waals surface area contributed by atoms with Crippen LogP contribution in [-0.4, -0.2) is 17.7 Å². The summed E-state index contributed by atoms with van der Waals surface area (Å²) in [6.45, 7) is 1.96. The molecule has 2 N–H and O–H groups in total. The molecule has 116 valence electrons. The lowest BCUT2D eigenvalue weighted by atomic mass is 9.72. The molecule has 5 nitrogen and oxygen atoms in total. The van der Waals surface area contributed by atoms with E-state index < -0.39 is 5.41 Å². The van der Waals surface area contributed by atoms with Gasteiger partial charge >= 0.3 is 0 Å². The monoisotopic (exact) mass is 300 g/mol. The summed E-state index contributed by atoms with van der Waals surface area (Å²) in [5, 5.41) is 5.33. The van der Waals surface area contributed by atoms with Crippen LogP contribution in [0.5, 0.6) is 0 Å². The lowest BCUT2D eigenvalue weighted by molar-refractivity contribution is -0.138. The first-order chi connectivity index (χ1) is 10.5. The van der Waals surface area contributed by atoms with Crippen LogP contribution in [0.1, 0.15) is 44.6 Å². The summed E-state index contributed by atoms with van der Waals surface area (Å²) in [7, 11) is 0. The molecule has 0 aromatic heterocycles. The maximum absolute atomic E-state index is 12.3. The van der Waals surface area contributed by atoms with E-state index in [2.05, 4.69) is 10.6 Å². The molecule has 3 rings (SSSR count). The summed E-state index contributed by atoms with van der Waals surface area (Å²) in [6.07, 6.45) is 3.47. The largest absolute Gasteiger partial charge is 0.326 e. The molecule has 0 radical (unpaired) electrons. The maximum Gasteiger partial charge on any atom is 0.237 e. The predicted molar refractivity (Wildman–Crippen MR) is 82.1 cm³/mol. The lowest BCUT2D eigenvalue weighted by Crippen LogP contribution is -2.51. The SMILES string of the molecule is CC[C@@]1(c2ccc(NC(=O)C3CC3)cc2)CCC(=O)NC1=O. The summed E-state index contributed by atoms with van der Waals surface area (Å²) < 4.78 is 0. The Hall–Kier alpha value is -2.17. The molecule has 2 aliphatic rings. The third-order valence-electron chi connectivity index (χ3n) is 4.72. The Labute approximate surface area is 129 Å². The fraction of sp³-hybridized carbons (Fsp3) is 0.471. The summed E-state index contributed by atoms with van der Waals surface area (Å²) in [6, 6.07) is 7.41. The molecule has 1 aliphatic carbocycles. The zero-order valence-corrected chi connectivity index (χ0v) is 12.6. The van der Waals surface area contributed by atoms with Gasteiger partial charge in [0.25, 0.3) is 0 Å². The minimum atomic E-state index is -0.646. The van der Waals surface area contributed by atoms with Gasteiger partial charge in [-0.25, -0.2) is 0 Å². The Bertz CT molecular complexity index is 619. The molecule has 5 heteroatoms. The molecule has 1 saturated heterocycles. The van der Waals surface area contributed by atoms with Crippen LogP contribution in [0.25, 0.3) is 0 Å². The van der Waals surface area contributed by atoms with E-state index in [1.54, 1.807) is 0 Å². The van der Waals surface area contributed by atoms with Gasteiger partial charge in [-0.15, -0.1) is 0 Å². The van der Waals surface area contributed by atoms with Crippen LogP contribution in [0.4, 0.5) is 5.69 Å². The van der Waals surface area contributed by atoms with Crippen molar-refractivity contribution in [2.24, 2.45) is 5.92 Å². The average molecular weight is 300 g/mol. The second-order valence-corrected chi connectivity index (χ2v) is 6.15. The number of hydrogen-bond donors (Lipinski definition) is 2. The first-order valence-electron chi connectivity index (χ1n) is 7.81. The van der Waals surface area contributed by atoms with Gasteiger partial charge in [-0.05, 0) is 43.4 Å². The second-order valence-electron chi connectivity index (χ2n) is 6.15. The Morgan fingerprint density at radius 3 is 2.50 bits per heavy atom. The van der Waals surface area contributed by atoms with Crippen molar-refractivity contribution >= 4 is 23.4 Å². The number of carbonyl (C=O) groups is 3. The van der Waals surface area contributed by atoms with Crippen LogP contribution in [0.3, 0.4) is 0 Å². The van der Waals surface area contributed by atoms with Crippen molar-refractivity contribution in [2.45, 2.75) is 44.4 Å². The van der Waals surface area contributed by atoms with E-state index in [-0.39, 0.29) is 23.6 Å². The van der Waals surface area contributed by atoms with E-state index in [4.69, 9.17) is 0 Å². The van der Waals surface area contributed by atoms with Gasteiger partial charge in [0, 0.05) is 18.0 Å². The van der Waals surface area contributed by atoms with Crippen LogP contribution >= 0.6 is 0 Å². The summed E-state index contributed by atoms with van der Waals surface area (Å²) >= 11 is 0. The molecule has 1 heterocycles. The highest BCUT2D eigenvalue weighted by Gasteiger charge is 2.42. The van der Waals surface area contributed by atoms with Crippen molar-refractivity contribution in [3.8, 4) is 0 Å². The lowest BCUT2D eigenvalue weighted by Gasteiger charge is -2.35. The highest BCUT2D eigenvalue weighted by molar-refractivity contribution is 6.03. The molecule has 1 aliphatic heterocycles. The Balaban J connectivity index is 1.79. The molecule has 0 spiro atoms. The molecule has 0 bridgehead atoms. The first kappa shape index (κ1) is 14.8. The van der Waals surface area contributed by atoms with Gasteiger partial charge in [0.15, 0.2) is 0 Å². The smallest absolute Gasteiger partial charge is 0.237 e. The Morgan fingerprint density at radius 2 is 1.95 bits per heavy atom. The molecule has 1 aromatic carbocycles. The molecular formula is C17H20N2O3. The molecular weight excluding hydrogens is 280 g/mol. The highest BCUT2D eigenvalue weighted by atomic mass is 16.2. The summed E-state index contributed by atoms with van der Waals surface area (Å²) in [5.74, 6) is -0.195. The summed E-state index contributed by atoms with van der Waals surface area (Å²) in [4.78, 5) is 35.4. The fourth-order valence-electron chi connectivity index (χ4n) is 3.03. The van der Waals surface area contributed by atoms with Gasteiger partial charge in [0.1, 0.15) is 0 Å². The van der Waals surface area contributed by atoms with Crippen LogP contribution in [0.2, 0.25) is 0 Å². The molecule has 1 atom stereocenters. The normalized spacial score (nSPS) is 24.8. The number of rotatable bonds is 4. The molecule has 22 heavy (non-hydrogen) atoms. The minimum Gasteiger partial charge on any atom is -0.326 e. The molecule has 0 unspecified atom stereocenters. The Kier molecular flexibility index (Phi) is 3.72. The molecule has 1 saturated carbocycles. The van der Waals surface area contributed by atoms with Gasteiger partial charge in [-0.1, -0.05) is 19.1 Å². The second kappa shape index (κ2) is 5.55. The average Bonchev–Trinajstić information content (AvgIpc) is 3.34. The van der Waals surface area contributed by atoms with E-state index in [1.165, 1.54) is 0 Å². The number of anilines is 1. The number of hydrogen-bond acceptors (Lipinski definition) is 3. The van der Waals surface area contributed by atoms with Crippen molar-refractivity contribution < 1.29 is 14.4 Å². The number of amides is 3. The quantitative estimate of drug-likeness (QED) is 0.836. The Morgan fingerprint density at radius 1 is 1.27 bits per heavy atom. The third-order valence-corrected chi connectivity index (χ3v) is 4.72. The van der Waals surface area contributed by atoms with Crippen molar-refractivity contribution in [3.63, 3.8) is 0 Å². The van der Waals surface area contributed by atoms with E-state index in [9.17, 15) is 14.4 Å². The van der Waals surface area contributed by atoms with Crippen molar-refractivity contribution in [1.82, 2.24) is 5.32 Å². The van der Waals surface area contributed by atoms with Gasteiger partial charge in [0.05, 0.1) is 5.41 Å². The number of piperidine rings is 1. The van der Waals surface area contributed by atoms with E-state index >= 15 is 0 Å². The minimum absolute atomic E-state index is 0.0685. The van der Waals surface area contributed by atoms with Crippen molar-refractivity contribution in [3.05, 3.63) is 29.8 Å². The van der Waals surface area contributed by atoms with E-state index in [0.29, 0.717) is 19.3 Å². The predicted octanol–water partition coefficient (Wildman–Crippen LogP) is 2.12. The number of nitrogens with one attached hydrogen (secondary N) is 2. The number of imide groups is 1. The molecule has 1 aromatic rings. The highest BCUT2D eigenvalue weighted by Crippen LogP contribution is 2.36. The molecule has 3 amide bonds. The van der Waals surface area contributed by atoms with Crippen LogP contribution in [-0.2, 0) is 19.8 Å². The zero-order chi connectivity index (χ0) is 15.7. The van der Waals surface area contributed by atoms with E-state index in [0.717, 1.165) is 24.1 Å². The maximum atomic E-state index is 12.3. The van der Waals surface area contributed by atoms with Crippen LogP contribution < -0.4 is 10.6 Å². The van der Waals surface area contributed by atoms with Crippen LogP contribution in [0.15, 0.2) is 24.3 Å². The van der Waals surface area contributed by atoms with Gasteiger partial charge < -0.3 is 5.32 Å². The van der Waals surface area contributed by atoms with E-state index in [1.807, 2.05) is 31.2 Å². The fourth-order valence-corrected chi connectivity index (χ4v) is 3.03. The first-order valence-corrected chi connectivity index (χ1v) is 7.81. The number of carbonyl (C=O) groups excluding carboxylic acids is 3. The van der Waals surface area contributed by atoms with Crippen molar-refractivity contribution in [1.29, 1.82) is 0 Å². The van der Waals surface area contributed by atoms with Gasteiger partial charge in [-0.2, -0.15) is 0 Å². The standard InChI is InChI=1S/C17H20N2O3/c1-2-17(10-9-14(20)19-16(17)22)12-5-7-13(8-6-12)18-15(21)11-3-4-11/h5-8,11H,2-4,9-10H2,1H3,(H,18,21)(H,19,20,22)/t17-/m0/s1. The zero-order valence-electron chi connectivity index (χ0n) is 12.6. The third kappa shape index (κ3) is 2.63. The van der Waals surface area contributed by atoms with Crippen molar-refractivity contribution in [2.75, 3.05) is 5.32 Å². The van der Waals surface area contributed by atoms with Gasteiger partial charge in [0.2, 0.25) is 17.7 Å². The summed E-state index contributed by atoms with van der Waals surface area (Å²) in [5.41, 5.74) is 0.996. The van der Waals surface area contributed by atoms with Gasteiger partial charge in [-0.3, -0.25) is 19.7 Å². The topological polar surface area (TPSA) is 75.3 Å². The molecule has 2 fully saturated rings.